The molecule has 0 N–H and O–H groups in total. The molecule has 3 aromatic rings. The fourth-order valence-electron chi connectivity index (χ4n) is 1.61. The summed E-state index contributed by atoms with van der Waals surface area (Å²) in [6.07, 6.45) is 1.40. The van der Waals surface area contributed by atoms with E-state index in [1.165, 1.54) is 6.33 Å². The number of fused-ring (bicyclic) bond motifs is 1. The van der Waals surface area contributed by atoms with Crippen molar-refractivity contribution in [3.8, 4) is 11.5 Å². The zero-order valence-electron chi connectivity index (χ0n) is 8.52. The van der Waals surface area contributed by atoms with E-state index in [-0.39, 0.29) is 0 Å². The number of furan rings is 1. The molecule has 0 saturated carbocycles. The van der Waals surface area contributed by atoms with Gasteiger partial charge in [0, 0.05) is 16.5 Å². The van der Waals surface area contributed by atoms with E-state index in [1.54, 1.807) is 12.1 Å². The number of rotatable bonds is 1. The molecule has 0 radical (unpaired) electrons. The summed E-state index contributed by atoms with van der Waals surface area (Å²) >= 11 is 11.7. The first-order chi connectivity index (χ1) is 8.22. The molecule has 0 aliphatic carbocycles. The summed E-state index contributed by atoms with van der Waals surface area (Å²) in [5, 5.41) is 1.99. The van der Waals surface area contributed by atoms with Gasteiger partial charge in [-0.1, -0.05) is 23.2 Å². The number of nitrogens with zero attached hydrogens (tertiary/aromatic N) is 2. The van der Waals surface area contributed by atoms with Crippen molar-refractivity contribution in [3.63, 3.8) is 0 Å². The van der Waals surface area contributed by atoms with Crippen molar-refractivity contribution in [3.05, 3.63) is 46.8 Å². The van der Waals surface area contributed by atoms with Gasteiger partial charge >= 0.3 is 0 Å². The standard InChI is InChI=1S/C12H6Cl2N2O/c13-8-1-2-10-7(3-8)4-11(17-10)9-5-12(14)16-6-15-9/h1-6H. The highest BCUT2D eigenvalue weighted by Crippen LogP contribution is 2.28. The third-order valence-corrected chi connectivity index (χ3v) is 2.81. The van der Waals surface area contributed by atoms with Gasteiger partial charge in [-0.2, -0.15) is 0 Å². The Morgan fingerprint density at radius 2 is 1.88 bits per heavy atom. The van der Waals surface area contributed by atoms with E-state index in [1.807, 2.05) is 18.2 Å². The molecule has 3 rings (SSSR count). The number of benzene rings is 1. The van der Waals surface area contributed by atoms with Crippen LogP contribution in [0.1, 0.15) is 0 Å². The van der Waals surface area contributed by atoms with Gasteiger partial charge in [0.25, 0.3) is 0 Å². The van der Waals surface area contributed by atoms with Crippen LogP contribution in [-0.2, 0) is 0 Å². The van der Waals surface area contributed by atoms with Crippen LogP contribution in [0.25, 0.3) is 22.4 Å². The van der Waals surface area contributed by atoms with E-state index < -0.39 is 0 Å². The first kappa shape index (κ1) is 10.6. The highest BCUT2D eigenvalue weighted by atomic mass is 35.5. The molecule has 2 aromatic heterocycles. The lowest BCUT2D eigenvalue weighted by Crippen LogP contribution is -1.82. The molecule has 1 aromatic carbocycles. The fourth-order valence-corrected chi connectivity index (χ4v) is 1.94. The molecule has 3 nitrogen and oxygen atoms in total. The zero-order chi connectivity index (χ0) is 11.8. The van der Waals surface area contributed by atoms with E-state index >= 15 is 0 Å². The second-order valence-corrected chi connectivity index (χ2v) is 4.34. The Kier molecular flexibility index (Phi) is 2.50. The Bertz CT molecular complexity index is 694. The van der Waals surface area contributed by atoms with Crippen LogP contribution >= 0.6 is 23.2 Å². The maximum atomic E-state index is 5.91. The Labute approximate surface area is 107 Å². The summed E-state index contributed by atoms with van der Waals surface area (Å²) in [6, 6.07) is 8.97. The monoisotopic (exact) mass is 264 g/mol. The lowest BCUT2D eigenvalue weighted by atomic mass is 10.2. The quantitative estimate of drug-likeness (QED) is 0.619. The molecule has 0 amide bonds. The Balaban J connectivity index is 2.18. The van der Waals surface area contributed by atoms with Crippen molar-refractivity contribution in [2.45, 2.75) is 0 Å². The molecule has 84 valence electrons. The minimum atomic E-state index is 0.383. The third-order valence-electron chi connectivity index (χ3n) is 2.36. The van der Waals surface area contributed by atoms with Crippen LogP contribution in [0.15, 0.2) is 41.1 Å². The van der Waals surface area contributed by atoms with E-state index in [0.717, 1.165) is 11.0 Å². The molecule has 0 aliphatic heterocycles. The second kappa shape index (κ2) is 4.02. The molecule has 0 aliphatic rings. The SMILES string of the molecule is Clc1ccc2oc(-c3cc(Cl)ncn3)cc2c1. The van der Waals surface area contributed by atoms with Gasteiger partial charge in [-0.05, 0) is 24.3 Å². The van der Waals surface area contributed by atoms with E-state index in [0.29, 0.717) is 21.6 Å². The van der Waals surface area contributed by atoms with E-state index in [9.17, 15) is 0 Å². The van der Waals surface area contributed by atoms with Gasteiger partial charge in [-0.25, -0.2) is 9.97 Å². The maximum absolute atomic E-state index is 5.91. The van der Waals surface area contributed by atoms with Crippen LogP contribution < -0.4 is 0 Å². The fraction of sp³-hybridized carbons (Fsp3) is 0. The van der Waals surface area contributed by atoms with Gasteiger partial charge in [0.15, 0.2) is 5.76 Å². The smallest absolute Gasteiger partial charge is 0.153 e. The van der Waals surface area contributed by atoms with Crippen molar-refractivity contribution in [2.75, 3.05) is 0 Å². The highest BCUT2D eigenvalue weighted by Gasteiger charge is 2.08. The first-order valence-electron chi connectivity index (χ1n) is 4.89. The van der Waals surface area contributed by atoms with Crippen LogP contribution in [0.3, 0.4) is 0 Å². The Morgan fingerprint density at radius 1 is 1.00 bits per heavy atom. The van der Waals surface area contributed by atoms with Crippen LogP contribution in [0, 0.1) is 0 Å². The molecule has 0 spiro atoms. The van der Waals surface area contributed by atoms with Gasteiger partial charge in [-0.3, -0.25) is 0 Å². The molecule has 2 heterocycles. The number of aromatic nitrogens is 2. The molecule has 17 heavy (non-hydrogen) atoms. The maximum Gasteiger partial charge on any atom is 0.153 e. The number of hydrogen-bond acceptors (Lipinski definition) is 3. The van der Waals surface area contributed by atoms with E-state index in [2.05, 4.69) is 9.97 Å². The molecule has 0 unspecified atom stereocenters. The first-order valence-corrected chi connectivity index (χ1v) is 5.65. The molecule has 0 fully saturated rings. The second-order valence-electron chi connectivity index (χ2n) is 3.52. The van der Waals surface area contributed by atoms with Crippen molar-refractivity contribution in [1.29, 1.82) is 0 Å². The topological polar surface area (TPSA) is 38.9 Å². The van der Waals surface area contributed by atoms with Crippen molar-refractivity contribution in [1.82, 2.24) is 9.97 Å². The van der Waals surface area contributed by atoms with Crippen LogP contribution in [0.2, 0.25) is 10.2 Å². The molecule has 0 bridgehead atoms. The number of hydrogen-bond donors (Lipinski definition) is 0. The van der Waals surface area contributed by atoms with Gasteiger partial charge in [-0.15, -0.1) is 0 Å². The van der Waals surface area contributed by atoms with Crippen molar-refractivity contribution < 1.29 is 4.42 Å². The molecular formula is C12H6Cl2N2O. The summed E-state index contributed by atoms with van der Waals surface area (Å²) in [4.78, 5) is 7.93. The van der Waals surface area contributed by atoms with Gasteiger partial charge in [0.05, 0.1) is 0 Å². The van der Waals surface area contributed by atoms with Crippen LogP contribution in [0.5, 0.6) is 0 Å². The van der Waals surface area contributed by atoms with Crippen molar-refractivity contribution in [2.24, 2.45) is 0 Å². The largest absolute Gasteiger partial charge is 0.454 e. The molecule has 5 heteroatoms. The average Bonchev–Trinajstić information content (AvgIpc) is 2.72. The molecular weight excluding hydrogens is 259 g/mol. The number of halogens is 2. The summed E-state index contributed by atoms with van der Waals surface area (Å²) in [5.41, 5.74) is 1.41. The molecule has 0 saturated heterocycles. The van der Waals surface area contributed by atoms with Gasteiger partial charge in [0.1, 0.15) is 22.8 Å². The minimum absolute atomic E-state index is 0.383. The van der Waals surface area contributed by atoms with Crippen molar-refractivity contribution >= 4 is 34.2 Å². The summed E-state index contributed by atoms with van der Waals surface area (Å²) in [7, 11) is 0. The zero-order valence-corrected chi connectivity index (χ0v) is 10.0. The molecule has 0 atom stereocenters. The predicted molar refractivity (Wildman–Crippen MR) is 67.3 cm³/mol. The third kappa shape index (κ3) is 1.99. The lowest BCUT2D eigenvalue weighted by Gasteiger charge is -1.94. The van der Waals surface area contributed by atoms with Gasteiger partial charge < -0.3 is 4.42 Å². The van der Waals surface area contributed by atoms with Gasteiger partial charge in [0.2, 0.25) is 0 Å². The summed E-state index contributed by atoms with van der Waals surface area (Å²) in [5.74, 6) is 0.645. The highest BCUT2D eigenvalue weighted by molar-refractivity contribution is 6.31. The lowest BCUT2D eigenvalue weighted by molar-refractivity contribution is 0.628. The average molecular weight is 265 g/mol. The van der Waals surface area contributed by atoms with E-state index in [4.69, 9.17) is 27.6 Å². The summed E-state index contributed by atoms with van der Waals surface area (Å²) in [6.45, 7) is 0. The summed E-state index contributed by atoms with van der Waals surface area (Å²) < 4.78 is 5.66. The normalized spacial score (nSPS) is 10.9. The Morgan fingerprint density at radius 3 is 2.71 bits per heavy atom. The predicted octanol–water partition coefficient (Wildman–Crippen LogP) is 4.20. The van der Waals surface area contributed by atoms with Crippen LogP contribution in [-0.4, -0.2) is 9.97 Å². The minimum Gasteiger partial charge on any atom is -0.454 e. The van der Waals surface area contributed by atoms with Crippen LogP contribution in [0.4, 0.5) is 0 Å². The Hall–Kier alpha value is -1.58.